The molecular formula is C15H31N3O2. The van der Waals surface area contributed by atoms with Gasteiger partial charge in [-0.3, -0.25) is 0 Å². The number of alkyl carbamates (subject to hydrolysis) is 1. The largest absolute Gasteiger partial charge is 0.444 e. The van der Waals surface area contributed by atoms with Crippen LogP contribution in [-0.2, 0) is 4.74 Å². The number of amides is 1. The van der Waals surface area contributed by atoms with E-state index in [0.717, 1.165) is 13.0 Å². The van der Waals surface area contributed by atoms with E-state index >= 15 is 0 Å². The molecule has 0 aromatic rings. The van der Waals surface area contributed by atoms with E-state index in [2.05, 4.69) is 36.4 Å². The smallest absolute Gasteiger partial charge is 0.407 e. The number of likely N-dealkylation sites (N-methyl/N-ethyl adjacent to an activating group) is 1. The van der Waals surface area contributed by atoms with Gasteiger partial charge in [-0.05, 0) is 47.6 Å². The highest BCUT2D eigenvalue weighted by molar-refractivity contribution is 5.67. The molecule has 1 saturated heterocycles. The Morgan fingerprint density at radius 2 is 2.10 bits per heavy atom. The molecule has 5 nitrogen and oxygen atoms in total. The van der Waals surface area contributed by atoms with Gasteiger partial charge in [0.05, 0.1) is 0 Å². The van der Waals surface area contributed by atoms with Crippen LogP contribution in [0.15, 0.2) is 0 Å². The van der Waals surface area contributed by atoms with E-state index in [0.29, 0.717) is 24.7 Å². The summed E-state index contributed by atoms with van der Waals surface area (Å²) >= 11 is 0. The predicted octanol–water partition coefficient (Wildman–Crippen LogP) is 1.97. The van der Waals surface area contributed by atoms with Crippen molar-refractivity contribution in [3.05, 3.63) is 0 Å². The molecule has 0 radical (unpaired) electrons. The molecule has 0 aromatic heterocycles. The van der Waals surface area contributed by atoms with Gasteiger partial charge in [0.15, 0.2) is 0 Å². The lowest BCUT2D eigenvalue weighted by Crippen LogP contribution is -2.46. The highest BCUT2D eigenvalue weighted by Crippen LogP contribution is 2.15. The van der Waals surface area contributed by atoms with Gasteiger partial charge in [-0.25, -0.2) is 4.79 Å². The Balaban J connectivity index is 2.31. The molecule has 3 unspecified atom stereocenters. The van der Waals surface area contributed by atoms with Gasteiger partial charge in [0.1, 0.15) is 5.60 Å². The Labute approximate surface area is 123 Å². The van der Waals surface area contributed by atoms with Gasteiger partial charge in [-0.1, -0.05) is 6.92 Å². The second-order valence-electron chi connectivity index (χ2n) is 6.88. The van der Waals surface area contributed by atoms with Crippen molar-refractivity contribution < 1.29 is 9.53 Å². The van der Waals surface area contributed by atoms with Crippen LogP contribution >= 0.6 is 0 Å². The van der Waals surface area contributed by atoms with Crippen LogP contribution in [0.4, 0.5) is 4.79 Å². The number of likely N-dealkylation sites (tertiary alicyclic amines) is 1. The Morgan fingerprint density at radius 1 is 1.45 bits per heavy atom. The number of rotatable bonds is 5. The van der Waals surface area contributed by atoms with Crippen molar-refractivity contribution in [2.24, 2.45) is 0 Å². The summed E-state index contributed by atoms with van der Waals surface area (Å²) in [4.78, 5) is 14.0. The second-order valence-corrected chi connectivity index (χ2v) is 6.88. The zero-order chi connectivity index (χ0) is 15.3. The van der Waals surface area contributed by atoms with Crippen molar-refractivity contribution in [3.63, 3.8) is 0 Å². The number of nitrogens with zero attached hydrogens (tertiary/aromatic N) is 1. The molecule has 1 amide bonds. The number of hydrogen-bond donors (Lipinski definition) is 2. The first kappa shape index (κ1) is 17.2. The Bertz CT molecular complexity index is 305. The molecule has 0 aliphatic carbocycles. The molecule has 1 fully saturated rings. The fraction of sp³-hybridized carbons (Fsp3) is 0.933. The van der Waals surface area contributed by atoms with Crippen LogP contribution < -0.4 is 10.6 Å². The molecule has 0 bridgehead atoms. The minimum absolute atomic E-state index is 0.297. The maximum atomic E-state index is 11.7. The number of ether oxygens (including phenoxy) is 1. The molecular weight excluding hydrogens is 254 g/mol. The molecule has 0 spiro atoms. The van der Waals surface area contributed by atoms with Crippen molar-refractivity contribution in [3.8, 4) is 0 Å². The monoisotopic (exact) mass is 285 g/mol. The van der Waals surface area contributed by atoms with Crippen molar-refractivity contribution >= 4 is 6.09 Å². The SMILES string of the molecule is CCC(CNC(=O)OC(C)(C)C)NC1CC(C)N(C)C1. The van der Waals surface area contributed by atoms with Crippen molar-refractivity contribution in [2.75, 3.05) is 20.1 Å². The van der Waals surface area contributed by atoms with Crippen molar-refractivity contribution in [1.82, 2.24) is 15.5 Å². The summed E-state index contributed by atoms with van der Waals surface area (Å²) in [6.45, 7) is 11.7. The quantitative estimate of drug-likeness (QED) is 0.811. The van der Waals surface area contributed by atoms with Crippen molar-refractivity contribution in [2.45, 2.75) is 71.2 Å². The summed E-state index contributed by atoms with van der Waals surface area (Å²) < 4.78 is 5.25. The topological polar surface area (TPSA) is 53.6 Å². The molecule has 1 aliphatic rings. The van der Waals surface area contributed by atoms with Gasteiger partial charge < -0.3 is 20.3 Å². The molecule has 0 aromatic carbocycles. The van der Waals surface area contributed by atoms with E-state index < -0.39 is 5.60 Å². The molecule has 20 heavy (non-hydrogen) atoms. The summed E-state index contributed by atoms with van der Waals surface area (Å²) in [7, 11) is 2.16. The molecule has 0 saturated carbocycles. The van der Waals surface area contributed by atoms with E-state index in [1.54, 1.807) is 0 Å². The van der Waals surface area contributed by atoms with E-state index in [1.807, 2.05) is 20.8 Å². The van der Waals surface area contributed by atoms with Crippen LogP contribution in [0, 0.1) is 0 Å². The molecule has 5 heteroatoms. The average molecular weight is 285 g/mol. The van der Waals surface area contributed by atoms with Gasteiger partial charge in [0, 0.05) is 31.2 Å². The zero-order valence-corrected chi connectivity index (χ0v) is 13.8. The molecule has 1 heterocycles. The molecule has 1 rings (SSSR count). The third-order valence-electron chi connectivity index (χ3n) is 3.74. The summed E-state index contributed by atoms with van der Waals surface area (Å²) in [6, 6.07) is 1.44. The number of carbonyl (C=O) groups is 1. The summed E-state index contributed by atoms with van der Waals surface area (Å²) in [5.74, 6) is 0. The van der Waals surface area contributed by atoms with Crippen LogP contribution in [0.3, 0.4) is 0 Å². The van der Waals surface area contributed by atoms with Crippen LogP contribution in [0.25, 0.3) is 0 Å². The van der Waals surface area contributed by atoms with Crippen LogP contribution in [0.5, 0.6) is 0 Å². The molecule has 1 aliphatic heterocycles. The van der Waals surface area contributed by atoms with Gasteiger partial charge in [-0.2, -0.15) is 0 Å². The maximum Gasteiger partial charge on any atom is 0.407 e. The highest BCUT2D eigenvalue weighted by Gasteiger charge is 2.27. The van der Waals surface area contributed by atoms with Crippen molar-refractivity contribution in [1.29, 1.82) is 0 Å². The van der Waals surface area contributed by atoms with E-state index in [9.17, 15) is 4.79 Å². The zero-order valence-electron chi connectivity index (χ0n) is 13.8. The molecule has 3 atom stereocenters. The standard InChI is InChI=1S/C15H31N3O2/c1-7-12(9-16-14(19)20-15(3,4)5)17-13-8-11(2)18(6)10-13/h11-13,17H,7-10H2,1-6H3,(H,16,19). The molecule has 118 valence electrons. The Hall–Kier alpha value is -0.810. The Morgan fingerprint density at radius 3 is 2.55 bits per heavy atom. The summed E-state index contributed by atoms with van der Waals surface area (Å²) in [5, 5.41) is 6.48. The fourth-order valence-corrected chi connectivity index (χ4v) is 2.49. The highest BCUT2D eigenvalue weighted by atomic mass is 16.6. The summed E-state index contributed by atoms with van der Waals surface area (Å²) in [6.07, 6.45) is 1.82. The van der Waals surface area contributed by atoms with Gasteiger partial charge in [0.2, 0.25) is 0 Å². The molecule has 2 N–H and O–H groups in total. The number of carbonyl (C=O) groups excluding carboxylic acids is 1. The lowest BCUT2D eigenvalue weighted by Gasteiger charge is -2.24. The first-order valence-electron chi connectivity index (χ1n) is 7.64. The van der Waals surface area contributed by atoms with Gasteiger partial charge in [-0.15, -0.1) is 0 Å². The minimum atomic E-state index is -0.442. The lowest BCUT2D eigenvalue weighted by molar-refractivity contribution is 0.0521. The van der Waals surface area contributed by atoms with Crippen LogP contribution in [-0.4, -0.2) is 54.9 Å². The predicted molar refractivity (Wildman–Crippen MR) is 81.9 cm³/mol. The maximum absolute atomic E-state index is 11.7. The first-order chi connectivity index (χ1) is 9.21. The lowest BCUT2D eigenvalue weighted by atomic mass is 10.1. The van der Waals surface area contributed by atoms with Gasteiger partial charge >= 0.3 is 6.09 Å². The minimum Gasteiger partial charge on any atom is -0.444 e. The van der Waals surface area contributed by atoms with Gasteiger partial charge in [0.25, 0.3) is 0 Å². The Kier molecular flexibility index (Phi) is 6.27. The van der Waals surface area contributed by atoms with E-state index in [1.165, 1.54) is 6.42 Å². The number of nitrogens with one attached hydrogen (secondary N) is 2. The average Bonchev–Trinajstić information content (AvgIpc) is 2.61. The van der Waals surface area contributed by atoms with Crippen LogP contribution in [0.1, 0.15) is 47.5 Å². The third kappa shape index (κ3) is 6.09. The van der Waals surface area contributed by atoms with Crippen LogP contribution in [0.2, 0.25) is 0 Å². The second kappa shape index (κ2) is 7.27. The van der Waals surface area contributed by atoms with E-state index in [-0.39, 0.29) is 6.09 Å². The van der Waals surface area contributed by atoms with E-state index in [4.69, 9.17) is 4.74 Å². The third-order valence-corrected chi connectivity index (χ3v) is 3.74. The number of hydrogen-bond acceptors (Lipinski definition) is 4. The first-order valence-corrected chi connectivity index (χ1v) is 7.64. The summed E-state index contributed by atoms with van der Waals surface area (Å²) in [5.41, 5.74) is -0.442. The fourth-order valence-electron chi connectivity index (χ4n) is 2.49. The normalized spacial score (nSPS) is 25.5.